The number of halogens is 1. The highest BCUT2D eigenvalue weighted by Gasteiger charge is 2.19. The fraction of sp³-hybridized carbons (Fsp3) is 0.211. The Morgan fingerprint density at radius 3 is 2.57 bits per heavy atom. The molecule has 106 valence electrons. The highest BCUT2D eigenvalue weighted by molar-refractivity contribution is 6.12. The van der Waals surface area contributed by atoms with Crippen molar-refractivity contribution >= 4 is 11.9 Å². The molecule has 1 aliphatic carbocycles. The van der Waals surface area contributed by atoms with Gasteiger partial charge >= 0.3 is 0 Å². The van der Waals surface area contributed by atoms with Gasteiger partial charge in [0.2, 0.25) is 0 Å². The molecular weight excluding hydrogens is 263 g/mol. The number of ketones is 1. The van der Waals surface area contributed by atoms with Crippen molar-refractivity contribution in [2.24, 2.45) is 0 Å². The molecule has 0 aromatic heterocycles. The molecule has 0 aliphatic heterocycles. The molecule has 0 N–H and O–H groups in total. The molecular formula is C19H17FO. The summed E-state index contributed by atoms with van der Waals surface area (Å²) in [7, 11) is 0. The van der Waals surface area contributed by atoms with Crippen LogP contribution in [0.15, 0.2) is 48.0 Å². The lowest BCUT2D eigenvalue weighted by atomic mass is 9.97. The first-order valence-electron chi connectivity index (χ1n) is 7.24. The molecule has 0 radical (unpaired) electrons. The van der Waals surface area contributed by atoms with Crippen LogP contribution in [-0.2, 0) is 6.42 Å². The van der Waals surface area contributed by atoms with E-state index in [0.29, 0.717) is 0 Å². The summed E-state index contributed by atoms with van der Waals surface area (Å²) >= 11 is 0. The third-order valence-electron chi connectivity index (χ3n) is 3.90. The second-order valence-electron chi connectivity index (χ2n) is 5.56. The Morgan fingerprint density at radius 1 is 1.05 bits per heavy atom. The smallest absolute Gasteiger partial charge is 0.189 e. The van der Waals surface area contributed by atoms with Crippen molar-refractivity contribution in [2.45, 2.75) is 26.2 Å². The number of fused-ring (bicyclic) bond motifs is 1. The van der Waals surface area contributed by atoms with Gasteiger partial charge in [-0.15, -0.1) is 0 Å². The molecule has 0 saturated carbocycles. The lowest BCUT2D eigenvalue weighted by Gasteiger charge is -2.06. The number of benzene rings is 2. The second kappa shape index (κ2) is 5.65. The summed E-state index contributed by atoms with van der Waals surface area (Å²) < 4.78 is 13.0. The lowest BCUT2D eigenvalue weighted by molar-refractivity contribution is 0.103. The molecule has 0 spiro atoms. The molecule has 3 rings (SSSR count). The minimum absolute atomic E-state index is 0.107. The third-order valence-corrected chi connectivity index (χ3v) is 3.90. The topological polar surface area (TPSA) is 17.1 Å². The first-order chi connectivity index (χ1) is 10.1. The number of Topliss-reactive ketones (excluding diaryl/α,β-unsaturated/α-hetero) is 1. The predicted octanol–water partition coefficient (Wildman–Crippen LogP) is 4.74. The average molecular weight is 280 g/mol. The van der Waals surface area contributed by atoms with Gasteiger partial charge in [0.15, 0.2) is 5.78 Å². The van der Waals surface area contributed by atoms with Crippen LogP contribution in [0.3, 0.4) is 0 Å². The standard InChI is InChI=1S/C19H17FO/c1-13-5-8-15-3-2-4-16(19(21)18(15)11-13)12-14-6-9-17(20)10-7-14/h5-12H,2-4H2,1H3/b16-12-. The summed E-state index contributed by atoms with van der Waals surface area (Å²) in [4.78, 5) is 12.7. The van der Waals surface area contributed by atoms with Gasteiger partial charge in [-0.25, -0.2) is 4.39 Å². The van der Waals surface area contributed by atoms with E-state index in [2.05, 4.69) is 12.1 Å². The third kappa shape index (κ3) is 2.94. The molecule has 21 heavy (non-hydrogen) atoms. The fourth-order valence-corrected chi connectivity index (χ4v) is 2.77. The van der Waals surface area contributed by atoms with Crippen molar-refractivity contribution in [2.75, 3.05) is 0 Å². The van der Waals surface area contributed by atoms with Gasteiger partial charge < -0.3 is 0 Å². The first kappa shape index (κ1) is 13.7. The molecule has 0 amide bonds. The minimum atomic E-state index is -0.259. The van der Waals surface area contributed by atoms with Crippen molar-refractivity contribution in [3.63, 3.8) is 0 Å². The maximum atomic E-state index is 13.0. The number of carbonyl (C=O) groups is 1. The Balaban J connectivity index is 2.00. The zero-order chi connectivity index (χ0) is 14.8. The van der Waals surface area contributed by atoms with Gasteiger partial charge in [0, 0.05) is 11.1 Å². The molecule has 0 fully saturated rings. The molecule has 0 saturated heterocycles. The minimum Gasteiger partial charge on any atom is -0.289 e. The van der Waals surface area contributed by atoms with Gasteiger partial charge in [-0.1, -0.05) is 29.8 Å². The largest absolute Gasteiger partial charge is 0.289 e. The van der Waals surface area contributed by atoms with Gasteiger partial charge in [-0.05, 0) is 61.6 Å². The van der Waals surface area contributed by atoms with Gasteiger partial charge in [0.25, 0.3) is 0 Å². The molecule has 0 heterocycles. The Morgan fingerprint density at radius 2 is 1.81 bits per heavy atom. The van der Waals surface area contributed by atoms with Crippen molar-refractivity contribution in [3.05, 3.63) is 76.1 Å². The van der Waals surface area contributed by atoms with E-state index in [-0.39, 0.29) is 11.6 Å². The Labute approximate surface area is 124 Å². The van der Waals surface area contributed by atoms with E-state index >= 15 is 0 Å². The van der Waals surface area contributed by atoms with E-state index in [1.165, 1.54) is 12.1 Å². The van der Waals surface area contributed by atoms with Crippen LogP contribution >= 0.6 is 0 Å². The maximum absolute atomic E-state index is 13.0. The number of allylic oxidation sites excluding steroid dienone is 1. The van der Waals surface area contributed by atoms with Crippen LogP contribution in [0.2, 0.25) is 0 Å². The average Bonchev–Trinajstić information content (AvgIpc) is 2.62. The van der Waals surface area contributed by atoms with Crippen molar-refractivity contribution < 1.29 is 9.18 Å². The van der Waals surface area contributed by atoms with E-state index in [4.69, 9.17) is 0 Å². The highest BCUT2D eigenvalue weighted by Crippen LogP contribution is 2.26. The molecule has 0 bridgehead atoms. The highest BCUT2D eigenvalue weighted by atomic mass is 19.1. The Bertz CT molecular complexity index is 711. The van der Waals surface area contributed by atoms with Crippen molar-refractivity contribution in [3.8, 4) is 0 Å². The number of hydrogen-bond donors (Lipinski definition) is 0. The molecule has 2 heteroatoms. The van der Waals surface area contributed by atoms with Gasteiger partial charge in [-0.2, -0.15) is 0 Å². The summed E-state index contributed by atoms with van der Waals surface area (Å²) in [6.07, 6.45) is 4.56. The van der Waals surface area contributed by atoms with Crippen molar-refractivity contribution in [1.82, 2.24) is 0 Å². The lowest BCUT2D eigenvalue weighted by Crippen LogP contribution is -2.04. The van der Waals surface area contributed by atoms with Gasteiger partial charge in [0.1, 0.15) is 5.82 Å². The molecule has 2 aromatic carbocycles. The van der Waals surface area contributed by atoms with Crippen LogP contribution in [-0.4, -0.2) is 5.78 Å². The van der Waals surface area contributed by atoms with Crippen LogP contribution in [0.25, 0.3) is 6.08 Å². The van der Waals surface area contributed by atoms with Crippen LogP contribution in [0, 0.1) is 12.7 Å². The van der Waals surface area contributed by atoms with Crippen LogP contribution in [0.4, 0.5) is 4.39 Å². The molecule has 0 unspecified atom stereocenters. The Hall–Kier alpha value is -2.22. The normalized spacial score (nSPS) is 16.7. The summed E-state index contributed by atoms with van der Waals surface area (Å²) in [5.41, 5.74) is 4.74. The van der Waals surface area contributed by atoms with Crippen molar-refractivity contribution in [1.29, 1.82) is 0 Å². The van der Waals surface area contributed by atoms with E-state index in [1.54, 1.807) is 12.1 Å². The molecule has 1 aliphatic rings. The van der Waals surface area contributed by atoms with Crippen LogP contribution in [0.5, 0.6) is 0 Å². The predicted molar refractivity (Wildman–Crippen MR) is 82.8 cm³/mol. The van der Waals surface area contributed by atoms with Crippen LogP contribution in [0.1, 0.15) is 39.9 Å². The quantitative estimate of drug-likeness (QED) is 0.545. The molecule has 2 aromatic rings. The van der Waals surface area contributed by atoms with E-state index in [9.17, 15) is 9.18 Å². The maximum Gasteiger partial charge on any atom is 0.189 e. The van der Waals surface area contributed by atoms with E-state index in [1.807, 2.05) is 19.1 Å². The fourth-order valence-electron chi connectivity index (χ4n) is 2.77. The number of carbonyl (C=O) groups excluding carboxylic acids is 1. The van der Waals surface area contributed by atoms with E-state index in [0.717, 1.165) is 47.1 Å². The summed E-state index contributed by atoms with van der Waals surface area (Å²) in [5, 5.41) is 0. The van der Waals surface area contributed by atoms with Gasteiger partial charge in [-0.3, -0.25) is 4.79 Å². The SMILES string of the molecule is Cc1ccc2c(c1)C(=O)/C(=C\c1ccc(F)cc1)CCC2. The van der Waals surface area contributed by atoms with E-state index < -0.39 is 0 Å². The number of aryl methyl sites for hydroxylation is 2. The first-order valence-corrected chi connectivity index (χ1v) is 7.24. The number of rotatable bonds is 1. The zero-order valence-corrected chi connectivity index (χ0v) is 12.0. The zero-order valence-electron chi connectivity index (χ0n) is 12.0. The molecule has 1 nitrogen and oxygen atoms in total. The van der Waals surface area contributed by atoms with Crippen LogP contribution < -0.4 is 0 Å². The summed E-state index contributed by atoms with van der Waals surface area (Å²) in [6, 6.07) is 12.3. The second-order valence-corrected chi connectivity index (χ2v) is 5.56. The molecule has 0 atom stereocenters. The van der Waals surface area contributed by atoms with Gasteiger partial charge in [0.05, 0.1) is 0 Å². The summed E-state index contributed by atoms with van der Waals surface area (Å²) in [5.74, 6) is -0.152. The number of hydrogen-bond acceptors (Lipinski definition) is 1. The monoisotopic (exact) mass is 280 g/mol. The summed E-state index contributed by atoms with van der Waals surface area (Å²) in [6.45, 7) is 2.00. The Kier molecular flexibility index (Phi) is 3.70.